The van der Waals surface area contributed by atoms with E-state index in [1.165, 1.54) is 5.54 Å². The lowest BCUT2D eigenvalue weighted by Gasteiger charge is -2.29. The molecule has 156 valence electrons. The van der Waals surface area contributed by atoms with Crippen molar-refractivity contribution in [1.82, 2.24) is 4.68 Å². The molecule has 1 aromatic heterocycles. The molecule has 7 heteroatoms. The van der Waals surface area contributed by atoms with Gasteiger partial charge in [0.05, 0.1) is 5.52 Å². The summed E-state index contributed by atoms with van der Waals surface area (Å²) < 4.78 is 8.33. The lowest BCUT2D eigenvalue weighted by molar-refractivity contribution is 0.0343. The van der Waals surface area contributed by atoms with Gasteiger partial charge in [0, 0.05) is 26.3 Å². The highest BCUT2D eigenvalue weighted by atomic mass is 127. The third-order valence-corrected chi connectivity index (χ3v) is 5.75. The largest absolute Gasteiger partial charge is 0.442 e. The molecule has 0 saturated heterocycles. The first-order valence-corrected chi connectivity index (χ1v) is 11.0. The van der Waals surface area contributed by atoms with Gasteiger partial charge in [0.25, 0.3) is 5.91 Å². The molecule has 0 N–H and O–H groups in total. The summed E-state index contributed by atoms with van der Waals surface area (Å²) in [5.74, 6) is -0.464. The van der Waals surface area contributed by atoms with Gasteiger partial charge in [-0.2, -0.15) is 0 Å². The monoisotopic (exact) mass is 536 g/mol. The van der Waals surface area contributed by atoms with Crippen LogP contribution >= 0.6 is 34.2 Å². The van der Waals surface area contributed by atoms with Crippen LogP contribution in [0.2, 0.25) is 0 Å². The van der Waals surface area contributed by atoms with Gasteiger partial charge in [-0.25, -0.2) is 9.47 Å². The summed E-state index contributed by atoms with van der Waals surface area (Å²) in [6.07, 6.45) is 3.99. The number of hydrogen-bond donors (Lipinski definition) is 0. The van der Waals surface area contributed by atoms with Crippen LogP contribution in [0.5, 0.6) is 0 Å². The predicted octanol–water partition coefficient (Wildman–Crippen LogP) is 6.47. The minimum atomic E-state index is -0.778. The van der Waals surface area contributed by atoms with Gasteiger partial charge in [-0.1, -0.05) is 41.9 Å². The molecule has 0 aliphatic carbocycles. The Morgan fingerprint density at radius 3 is 2.57 bits per heavy atom. The molecule has 30 heavy (non-hydrogen) atoms. The van der Waals surface area contributed by atoms with E-state index in [0.717, 1.165) is 19.5 Å². The zero-order valence-corrected chi connectivity index (χ0v) is 19.6. The number of carbonyl (C=O) groups is 2. The number of aromatic nitrogens is 1. The van der Waals surface area contributed by atoms with E-state index in [1.807, 2.05) is 44.2 Å². The molecule has 0 fully saturated rings. The standard InChI is InChI=1S/C23H22ClIN2O3/c1-23(2,14-6-7-15-24)30-22(29)27(21(28)17-9-4-3-5-10-17)26-16-13-18-19(25)11-8-12-20(18)26/h3-5,7-13,15-16H,6,14H2,1-2H3/b15-7+. The maximum Gasteiger partial charge on any atom is 0.437 e. The van der Waals surface area contributed by atoms with E-state index in [1.54, 1.807) is 41.2 Å². The van der Waals surface area contributed by atoms with E-state index in [-0.39, 0.29) is 0 Å². The number of amides is 2. The number of carbonyl (C=O) groups excluding carboxylic acids is 2. The number of ether oxygens (including phenoxy) is 1. The molecule has 1 heterocycles. The Labute approximate surface area is 194 Å². The molecule has 0 aliphatic rings. The topological polar surface area (TPSA) is 51.5 Å². The van der Waals surface area contributed by atoms with Crippen molar-refractivity contribution in [3.8, 4) is 0 Å². The van der Waals surface area contributed by atoms with Crippen LogP contribution in [0.1, 0.15) is 37.0 Å². The van der Waals surface area contributed by atoms with Crippen LogP contribution in [0, 0.1) is 3.57 Å². The second-order valence-corrected chi connectivity index (χ2v) is 8.76. The molecule has 0 radical (unpaired) electrons. The lowest BCUT2D eigenvalue weighted by Crippen LogP contribution is -2.48. The van der Waals surface area contributed by atoms with Gasteiger partial charge >= 0.3 is 6.09 Å². The van der Waals surface area contributed by atoms with Gasteiger partial charge < -0.3 is 4.74 Å². The Hall–Kier alpha value is -2.32. The fourth-order valence-corrected chi connectivity index (χ4v) is 3.88. The highest BCUT2D eigenvalue weighted by Gasteiger charge is 2.32. The fourth-order valence-electron chi connectivity index (χ4n) is 3.09. The second kappa shape index (κ2) is 9.66. The maximum atomic E-state index is 13.3. The third kappa shape index (κ3) is 5.05. The summed E-state index contributed by atoms with van der Waals surface area (Å²) in [6, 6.07) is 16.3. The quantitative estimate of drug-likeness (QED) is 0.339. The zero-order valence-electron chi connectivity index (χ0n) is 16.7. The molecular weight excluding hydrogens is 515 g/mol. The molecule has 0 aliphatic heterocycles. The number of nitrogens with zero attached hydrogens (tertiary/aromatic N) is 2. The van der Waals surface area contributed by atoms with E-state index in [0.29, 0.717) is 18.4 Å². The van der Waals surface area contributed by atoms with Crippen LogP contribution in [-0.4, -0.2) is 22.3 Å². The van der Waals surface area contributed by atoms with Crippen LogP contribution in [0.3, 0.4) is 0 Å². The van der Waals surface area contributed by atoms with Crippen molar-refractivity contribution in [2.45, 2.75) is 32.3 Å². The molecule has 0 saturated carbocycles. The van der Waals surface area contributed by atoms with Gasteiger partial charge in [0.15, 0.2) is 0 Å². The minimum Gasteiger partial charge on any atom is -0.442 e. The van der Waals surface area contributed by atoms with Gasteiger partial charge in [-0.15, -0.1) is 5.01 Å². The van der Waals surface area contributed by atoms with Crippen molar-refractivity contribution in [3.05, 3.63) is 81.5 Å². The smallest absolute Gasteiger partial charge is 0.437 e. The number of allylic oxidation sites excluding steroid dienone is 1. The van der Waals surface area contributed by atoms with Crippen LogP contribution in [0.15, 0.2) is 72.4 Å². The number of imide groups is 1. The Balaban J connectivity index is 2.00. The number of rotatable bonds is 6. The van der Waals surface area contributed by atoms with E-state index in [2.05, 4.69) is 22.6 Å². The summed E-state index contributed by atoms with van der Waals surface area (Å²) in [5, 5.41) is 2.00. The first kappa shape index (κ1) is 22.4. The van der Waals surface area contributed by atoms with Crippen molar-refractivity contribution >= 4 is 57.1 Å². The minimum absolute atomic E-state index is 0.393. The zero-order chi connectivity index (χ0) is 21.7. The van der Waals surface area contributed by atoms with E-state index >= 15 is 0 Å². The Kier molecular flexibility index (Phi) is 7.20. The molecule has 5 nitrogen and oxygen atoms in total. The summed E-state index contributed by atoms with van der Waals surface area (Å²) in [4.78, 5) is 26.6. The van der Waals surface area contributed by atoms with E-state index in [4.69, 9.17) is 16.3 Å². The van der Waals surface area contributed by atoms with Gasteiger partial charge in [0.1, 0.15) is 5.60 Å². The maximum absolute atomic E-state index is 13.3. The number of benzene rings is 2. The lowest BCUT2D eigenvalue weighted by atomic mass is 10.0. The average molecular weight is 537 g/mol. The molecule has 2 amide bonds. The van der Waals surface area contributed by atoms with Crippen molar-refractivity contribution in [3.63, 3.8) is 0 Å². The fraction of sp³-hybridized carbons (Fsp3) is 0.217. The molecule has 3 aromatic rings. The molecule has 3 rings (SSSR count). The van der Waals surface area contributed by atoms with Crippen LogP contribution < -0.4 is 5.01 Å². The Morgan fingerprint density at radius 2 is 1.87 bits per heavy atom. The van der Waals surface area contributed by atoms with Crippen LogP contribution in [0.4, 0.5) is 4.79 Å². The van der Waals surface area contributed by atoms with Crippen molar-refractivity contribution < 1.29 is 14.3 Å². The van der Waals surface area contributed by atoms with Crippen LogP contribution in [0.25, 0.3) is 10.9 Å². The molecule has 0 unspecified atom stereocenters. The number of halogens is 2. The Morgan fingerprint density at radius 1 is 1.13 bits per heavy atom. The predicted molar refractivity (Wildman–Crippen MR) is 128 cm³/mol. The number of hydrogen-bond acceptors (Lipinski definition) is 3. The Bertz CT molecular complexity index is 1080. The first-order chi connectivity index (χ1) is 14.3. The molecule has 2 aromatic carbocycles. The normalized spacial score (nSPS) is 11.7. The highest BCUT2D eigenvalue weighted by Crippen LogP contribution is 2.24. The van der Waals surface area contributed by atoms with Crippen LogP contribution in [-0.2, 0) is 4.74 Å². The van der Waals surface area contributed by atoms with Crippen molar-refractivity contribution in [1.29, 1.82) is 0 Å². The van der Waals surface area contributed by atoms with Gasteiger partial charge in [0.2, 0.25) is 0 Å². The summed E-state index contributed by atoms with van der Waals surface area (Å²) in [6.45, 7) is 3.63. The molecule has 0 spiro atoms. The molecule has 0 atom stereocenters. The van der Waals surface area contributed by atoms with Crippen molar-refractivity contribution in [2.75, 3.05) is 5.01 Å². The summed E-state index contributed by atoms with van der Waals surface area (Å²) >= 11 is 7.82. The second-order valence-electron chi connectivity index (χ2n) is 7.34. The van der Waals surface area contributed by atoms with E-state index in [9.17, 15) is 9.59 Å². The first-order valence-electron chi connectivity index (χ1n) is 9.47. The van der Waals surface area contributed by atoms with Crippen molar-refractivity contribution in [2.24, 2.45) is 0 Å². The molecular formula is C23H22ClIN2O3. The number of fused-ring (bicyclic) bond motifs is 1. The van der Waals surface area contributed by atoms with Gasteiger partial charge in [-0.3, -0.25) is 4.79 Å². The molecule has 0 bridgehead atoms. The third-order valence-electron chi connectivity index (χ3n) is 4.63. The highest BCUT2D eigenvalue weighted by molar-refractivity contribution is 14.1. The van der Waals surface area contributed by atoms with Gasteiger partial charge in [-0.05, 0) is 79.6 Å². The van der Waals surface area contributed by atoms with E-state index < -0.39 is 17.6 Å². The average Bonchev–Trinajstić information content (AvgIpc) is 3.13. The summed E-state index contributed by atoms with van der Waals surface area (Å²) in [5.41, 5.74) is 1.80. The summed E-state index contributed by atoms with van der Waals surface area (Å²) in [7, 11) is 0. The SMILES string of the molecule is CC(C)(CC/C=C/Cl)OC(=O)N(C(=O)c1ccccc1)n1ccc2c(I)cccc21.